The van der Waals surface area contributed by atoms with Gasteiger partial charge in [0.1, 0.15) is 5.75 Å². The van der Waals surface area contributed by atoms with E-state index in [9.17, 15) is 13.6 Å². The van der Waals surface area contributed by atoms with Crippen LogP contribution >= 0.6 is 0 Å². The maximum absolute atomic E-state index is 12.0. The zero-order chi connectivity index (χ0) is 11.3. The smallest absolute Gasteiger partial charge is 0.387 e. The van der Waals surface area contributed by atoms with Crippen molar-refractivity contribution in [3.8, 4) is 5.75 Å². The highest BCUT2D eigenvalue weighted by atomic mass is 19.3. The van der Waals surface area contributed by atoms with E-state index in [2.05, 4.69) is 10.1 Å². The van der Waals surface area contributed by atoms with E-state index in [1.54, 1.807) is 25.1 Å². The summed E-state index contributed by atoms with van der Waals surface area (Å²) in [6, 6.07) is 5.98. The average molecular weight is 215 g/mol. The quantitative estimate of drug-likeness (QED) is 0.764. The Bertz CT molecular complexity index is 331. The Labute approximate surface area is 86.0 Å². The summed E-state index contributed by atoms with van der Waals surface area (Å²) in [5, 5.41) is 2.47. The van der Waals surface area contributed by atoms with Gasteiger partial charge in [-0.15, -0.1) is 0 Å². The highest BCUT2D eigenvalue weighted by molar-refractivity contribution is 5.49. The number of carbonyl (C=O) groups excluding carboxylic acids is 1. The molecule has 0 bridgehead atoms. The first-order chi connectivity index (χ1) is 7.15. The molecule has 0 aliphatic carbocycles. The standard InChI is InChI=1S/C10H11F2NO2/c1-7(13-6-14)8-4-2-3-5-9(8)15-10(11)12/h2-7,10H,1H3,(H,13,14). The van der Waals surface area contributed by atoms with E-state index in [1.807, 2.05) is 0 Å². The predicted molar refractivity (Wildman–Crippen MR) is 50.7 cm³/mol. The molecule has 0 aliphatic heterocycles. The summed E-state index contributed by atoms with van der Waals surface area (Å²) in [6.45, 7) is -1.18. The minimum atomic E-state index is -2.87. The molecule has 1 aromatic rings. The van der Waals surface area contributed by atoms with E-state index < -0.39 is 6.61 Å². The molecule has 0 fully saturated rings. The fraction of sp³-hybridized carbons (Fsp3) is 0.300. The SMILES string of the molecule is CC(NC=O)c1ccccc1OC(F)F. The topological polar surface area (TPSA) is 38.3 Å². The number of amides is 1. The second-order valence-electron chi connectivity index (χ2n) is 2.92. The number of nitrogens with one attached hydrogen (secondary N) is 1. The maximum atomic E-state index is 12.0. The van der Waals surface area contributed by atoms with Crippen LogP contribution in [0.25, 0.3) is 0 Å². The van der Waals surface area contributed by atoms with Crippen molar-refractivity contribution in [2.45, 2.75) is 19.6 Å². The van der Waals surface area contributed by atoms with Gasteiger partial charge in [-0.05, 0) is 13.0 Å². The lowest BCUT2D eigenvalue weighted by Crippen LogP contribution is -2.17. The Kier molecular flexibility index (Phi) is 4.03. The Morgan fingerprint density at radius 3 is 2.67 bits per heavy atom. The van der Waals surface area contributed by atoms with Gasteiger partial charge in [0.15, 0.2) is 0 Å². The fourth-order valence-electron chi connectivity index (χ4n) is 1.23. The first-order valence-electron chi connectivity index (χ1n) is 4.38. The number of hydrogen-bond acceptors (Lipinski definition) is 2. The van der Waals surface area contributed by atoms with Gasteiger partial charge in [-0.3, -0.25) is 4.79 Å². The number of carbonyl (C=O) groups is 1. The molecule has 0 radical (unpaired) electrons. The Morgan fingerprint density at radius 2 is 2.07 bits per heavy atom. The highest BCUT2D eigenvalue weighted by Crippen LogP contribution is 2.25. The van der Waals surface area contributed by atoms with Crippen LogP contribution in [-0.2, 0) is 4.79 Å². The van der Waals surface area contributed by atoms with E-state index in [1.165, 1.54) is 6.07 Å². The van der Waals surface area contributed by atoms with Crippen molar-refractivity contribution < 1.29 is 18.3 Å². The zero-order valence-electron chi connectivity index (χ0n) is 8.11. The van der Waals surface area contributed by atoms with Crippen LogP contribution in [0.2, 0.25) is 0 Å². The van der Waals surface area contributed by atoms with Crippen LogP contribution in [0.4, 0.5) is 8.78 Å². The van der Waals surface area contributed by atoms with Crippen molar-refractivity contribution in [1.29, 1.82) is 0 Å². The molecule has 1 amide bonds. The van der Waals surface area contributed by atoms with Crippen LogP contribution in [0.3, 0.4) is 0 Å². The lowest BCUT2D eigenvalue weighted by atomic mass is 10.1. The van der Waals surface area contributed by atoms with Gasteiger partial charge < -0.3 is 10.1 Å². The Morgan fingerprint density at radius 1 is 1.40 bits per heavy atom. The number of halogens is 2. The molecule has 3 nitrogen and oxygen atoms in total. The van der Waals surface area contributed by atoms with Gasteiger partial charge in [0.05, 0.1) is 6.04 Å². The Balaban J connectivity index is 2.89. The third-order valence-electron chi connectivity index (χ3n) is 1.92. The minimum absolute atomic E-state index is 0.0781. The molecule has 1 unspecified atom stereocenters. The molecule has 5 heteroatoms. The van der Waals surface area contributed by atoms with E-state index >= 15 is 0 Å². The molecule has 0 aromatic heterocycles. The van der Waals surface area contributed by atoms with E-state index in [0.29, 0.717) is 12.0 Å². The third-order valence-corrected chi connectivity index (χ3v) is 1.92. The van der Waals surface area contributed by atoms with Gasteiger partial charge in [-0.25, -0.2) is 0 Å². The first kappa shape index (κ1) is 11.4. The predicted octanol–water partition coefficient (Wildman–Crippen LogP) is 2.09. The summed E-state index contributed by atoms with van der Waals surface area (Å²) in [4.78, 5) is 10.2. The van der Waals surface area contributed by atoms with Gasteiger partial charge >= 0.3 is 6.61 Å². The summed E-state index contributed by atoms with van der Waals surface area (Å²) in [6.07, 6.45) is 0.518. The number of hydrogen-bond donors (Lipinski definition) is 1. The van der Waals surface area contributed by atoms with Gasteiger partial charge in [0.2, 0.25) is 6.41 Å². The fourth-order valence-corrected chi connectivity index (χ4v) is 1.23. The number of rotatable bonds is 5. The molecule has 1 atom stereocenters. The monoisotopic (exact) mass is 215 g/mol. The molecule has 82 valence electrons. The molecular formula is C10H11F2NO2. The van der Waals surface area contributed by atoms with Crippen LogP contribution in [0.15, 0.2) is 24.3 Å². The van der Waals surface area contributed by atoms with E-state index in [4.69, 9.17) is 0 Å². The van der Waals surface area contributed by atoms with Crippen LogP contribution in [0, 0.1) is 0 Å². The number of para-hydroxylation sites is 1. The summed E-state index contributed by atoms with van der Waals surface area (Å²) in [5.74, 6) is 0.0781. The molecule has 0 aliphatic rings. The van der Waals surface area contributed by atoms with Gasteiger partial charge in [-0.2, -0.15) is 8.78 Å². The van der Waals surface area contributed by atoms with Crippen LogP contribution < -0.4 is 10.1 Å². The van der Waals surface area contributed by atoms with Crippen molar-refractivity contribution in [1.82, 2.24) is 5.32 Å². The molecule has 0 saturated heterocycles. The number of ether oxygens (including phenoxy) is 1. The maximum Gasteiger partial charge on any atom is 0.387 e. The lowest BCUT2D eigenvalue weighted by molar-refractivity contribution is -0.110. The third kappa shape index (κ3) is 3.19. The normalized spacial score (nSPS) is 12.3. The summed E-state index contributed by atoms with van der Waals surface area (Å²) in [5.41, 5.74) is 0.518. The van der Waals surface area contributed by atoms with Crippen LogP contribution in [-0.4, -0.2) is 13.0 Å². The molecular weight excluding hydrogens is 204 g/mol. The number of alkyl halides is 2. The van der Waals surface area contributed by atoms with Crippen molar-refractivity contribution in [2.75, 3.05) is 0 Å². The zero-order valence-corrected chi connectivity index (χ0v) is 8.11. The highest BCUT2D eigenvalue weighted by Gasteiger charge is 2.13. The first-order valence-corrected chi connectivity index (χ1v) is 4.38. The van der Waals surface area contributed by atoms with E-state index in [-0.39, 0.29) is 11.8 Å². The van der Waals surface area contributed by atoms with Crippen LogP contribution in [0.5, 0.6) is 5.75 Å². The van der Waals surface area contributed by atoms with Crippen molar-refractivity contribution in [3.05, 3.63) is 29.8 Å². The number of benzene rings is 1. The van der Waals surface area contributed by atoms with Gasteiger partial charge in [-0.1, -0.05) is 18.2 Å². The average Bonchev–Trinajstić information content (AvgIpc) is 2.18. The molecule has 0 heterocycles. The summed E-state index contributed by atoms with van der Waals surface area (Å²) >= 11 is 0. The summed E-state index contributed by atoms with van der Waals surface area (Å²) < 4.78 is 28.4. The second kappa shape index (κ2) is 5.29. The van der Waals surface area contributed by atoms with Gasteiger partial charge in [0, 0.05) is 5.56 Å². The molecule has 1 rings (SSSR count). The van der Waals surface area contributed by atoms with Crippen molar-refractivity contribution in [2.24, 2.45) is 0 Å². The van der Waals surface area contributed by atoms with Crippen molar-refractivity contribution >= 4 is 6.41 Å². The Hall–Kier alpha value is -1.65. The lowest BCUT2D eigenvalue weighted by Gasteiger charge is -2.15. The molecule has 15 heavy (non-hydrogen) atoms. The molecule has 0 saturated carbocycles. The van der Waals surface area contributed by atoms with Gasteiger partial charge in [0.25, 0.3) is 0 Å². The molecule has 0 spiro atoms. The largest absolute Gasteiger partial charge is 0.434 e. The van der Waals surface area contributed by atoms with Crippen molar-refractivity contribution in [3.63, 3.8) is 0 Å². The minimum Gasteiger partial charge on any atom is -0.434 e. The van der Waals surface area contributed by atoms with Crippen LogP contribution in [0.1, 0.15) is 18.5 Å². The van der Waals surface area contributed by atoms with E-state index in [0.717, 1.165) is 0 Å². The molecule has 1 aromatic carbocycles. The second-order valence-corrected chi connectivity index (χ2v) is 2.92. The summed E-state index contributed by atoms with van der Waals surface area (Å²) in [7, 11) is 0. The molecule has 1 N–H and O–H groups in total.